The molecule has 2 N–H and O–H groups in total. The summed E-state index contributed by atoms with van der Waals surface area (Å²) >= 11 is 0. The van der Waals surface area contributed by atoms with Crippen molar-refractivity contribution in [3.05, 3.63) is 84.9 Å². The quantitative estimate of drug-likeness (QED) is 0.440. The lowest BCUT2D eigenvalue weighted by atomic mass is 10.3. The predicted molar refractivity (Wildman–Crippen MR) is 88.4 cm³/mol. The van der Waals surface area contributed by atoms with E-state index in [9.17, 15) is 0 Å². The molecule has 0 aromatic heterocycles. The van der Waals surface area contributed by atoms with E-state index < -0.39 is 8.80 Å². The molecule has 0 aliphatic rings. The Morgan fingerprint density at radius 3 is 1.55 bits per heavy atom. The largest absolute Gasteiger partial charge is 0.399 e. The van der Waals surface area contributed by atoms with Crippen LogP contribution in [0.5, 0.6) is 0 Å². The molecule has 0 spiro atoms. The predicted octanol–water partition coefficient (Wildman–Crippen LogP) is 1.78. The SMILES string of the molecule is Nc1cccc([Si](c2ccccc2)c2ccccc2)c1. The summed E-state index contributed by atoms with van der Waals surface area (Å²) in [5.74, 6) is 0. The average Bonchev–Trinajstić information content (AvgIpc) is 2.50. The third kappa shape index (κ3) is 2.65. The van der Waals surface area contributed by atoms with E-state index in [-0.39, 0.29) is 0 Å². The summed E-state index contributed by atoms with van der Waals surface area (Å²) < 4.78 is 0. The molecule has 1 radical (unpaired) electrons. The maximum Gasteiger partial charge on any atom is 0.154 e. The highest BCUT2D eigenvalue weighted by atomic mass is 28.3. The number of rotatable bonds is 3. The number of hydrogen-bond donors (Lipinski definition) is 1. The first-order valence-corrected chi connectivity index (χ1v) is 8.18. The number of nitrogens with two attached hydrogens (primary N) is 1. The topological polar surface area (TPSA) is 26.0 Å². The Morgan fingerprint density at radius 2 is 1.05 bits per heavy atom. The molecule has 0 bridgehead atoms. The highest BCUT2D eigenvalue weighted by molar-refractivity contribution is 6.95. The second kappa shape index (κ2) is 5.76. The monoisotopic (exact) mass is 274 g/mol. The van der Waals surface area contributed by atoms with Crippen molar-refractivity contribution < 1.29 is 0 Å². The minimum Gasteiger partial charge on any atom is -0.399 e. The van der Waals surface area contributed by atoms with Gasteiger partial charge in [0.05, 0.1) is 0 Å². The van der Waals surface area contributed by atoms with Gasteiger partial charge in [-0.2, -0.15) is 0 Å². The summed E-state index contributed by atoms with van der Waals surface area (Å²) in [6, 6.07) is 29.7. The van der Waals surface area contributed by atoms with Crippen LogP contribution < -0.4 is 21.3 Å². The summed E-state index contributed by atoms with van der Waals surface area (Å²) in [7, 11) is -0.979. The average molecular weight is 274 g/mol. The van der Waals surface area contributed by atoms with Crippen molar-refractivity contribution in [1.29, 1.82) is 0 Å². The van der Waals surface area contributed by atoms with E-state index in [2.05, 4.69) is 72.8 Å². The Hall–Kier alpha value is -2.32. The molecule has 0 aliphatic heterocycles. The summed E-state index contributed by atoms with van der Waals surface area (Å²) in [4.78, 5) is 0. The minimum absolute atomic E-state index is 0.830. The normalized spacial score (nSPS) is 10.7. The van der Waals surface area contributed by atoms with Crippen LogP contribution >= 0.6 is 0 Å². The van der Waals surface area contributed by atoms with Crippen LogP contribution in [0.1, 0.15) is 0 Å². The first kappa shape index (κ1) is 12.7. The third-order valence-electron chi connectivity index (χ3n) is 3.30. The Bertz CT molecular complexity index is 641. The zero-order valence-corrected chi connectivity index (χ0v) is 12.2. The molecule has 0 unspecified atom stereocenters. The third-order valence-corrected chi connectivity index (χ3v) is 6.01. The van der Waals surface area contributed by atoms with Gasteiger partial charge in [0.2, 0.25) is 0 Å². The van der Waals surface area contributed by atoms with Crippen molar-refractivity contribution in [3.63, 3.8) is 0 Å². The van der Waals surface area contributed by atoms with Crippen LogP contribution in [0.3, 0.4) is 0 Å². The van der Waals surface area contributed by atoms with Crippen LogP contribution in [0, 0.1) is 0 Å². The lowest BCUT2D eigenvalue weighted by Gasteiger charge is -2.16. The second-order valence-electron chi connectivity index (χ2n) is 4.73. The van der Waals surface area contributed by atoms with Gasteiger partial charge in [-0.1, -0.05) is 83.2 Å². The Balaban J connectivity index is 2.14. The summed E-state index contributed by atoms with van der Waals surface area (Å²) in [5, 5.41) is 4.09. The maximum atomic E-state index is 5.97. The van der Waals surface area contributed by atoms with Crippen LogP contribution in [-0.2, 0) is 0 Å². The Labute approximate surface area is 121 Å². The molecule has 0 fully saturated rings. The van der Waals surface area contributed by atoms with Crippen LogP contribution in [0.2, 0.25) is 0 Å². The molecule has 3 aromatic carbocycles. The van der Waals surface area contributed by atoms with Gasteiger partial charge in [-0.05, 0) is 17.3 Å². The molecule has 0 heterocycles. The van der Waals surface area contributed by atoms with Crippen molar-refractivity contribution in [3.8, 4) is 0 Å². The first-order valence-electron chi connectivity index (χ1n) is 6.68. The highest BCUT2D eigenvalue weighted by Crippen LogP contribution is 2.00. The first-order chi connectivity index (χ1) is 9.84. The lowest BCUT2D eigenvalue weighted by Crippen LogP contribution is -2.51. The van der Waals surface area contributed by atoms with Crippen molar-refractivity contribution >= 4 is 30.0 Å². The molecule has 1 nitrogen and oxygen atoms in total. The van der Waals surface area contributed by atoms with E-state index in [0.29, 0.717) is 0 Å². The molecule has 3 rings (SSSR count). The summed E-state index contributed by atoms with van der Waals surface area (Å²) in [5.41, 5.74) is 6.80. The second-order valence-corrected chi connectivity index (χ2v) is 7.21. The molecule has 0 amide bonds. The standard InChI is InChI=1S/C18H16NSi/c19-15-8-7-13-18(14-15)20(16-9-3-1-4-10-16)17-11-5-2-6-12-17/h1-14H,19H2. The smallest absolute Gasteiger partial charge is 0.154 e. The van der Waals surface area contributed by atoms with Crippen LogP contribution in [-0.4, -0.2) is 8.80 Å². The number of nitrogen functional groups attached to an aromatic ring is 1. The van der Waals surface area contributed by atoms with E-state index in [1.54, 1.807) is 0 Å². The van der Waals surface area contributed by atoms with E-state index in [4.69, 9.17) is 5.73 Å². The van der Waals surface area contributed by atoms with E-state index in [1.807, 2.05) is 12.1 Å². The zero-order valence-electron chi connectivity index (χ0n) is 11.2. The fourth-order valence-corrected chi connectivity index (χ4v) is 5.03. The highest BCUT2D eigenvalue weighted by Gasteiger charge is 2.18. The molecular formula is C18H16NSi. The molecule has 0 atom stereocenters. The van der Waals surface area contributed by atoms with Crippen LogP contribution in [0.4, 0.5) is 5.69 Å². The van der Waals surface area contributed by atoms with Gasteiger partial charge >= 0.3 is 0 Å². The Morgan fingerprint density at radius 1 is 0.550 bits per heavy atom. The fraction of sp³-hybridized carbons (Fsp3) is 0. The van der Waals surface area contributed by atoms with Gasteiger partial charge in [0.1, 0.15) is 0 Å². The van der Waals surface area contributed by atoms with Crippen LogP contribution in [0.25, 0.3) is 0 Å². The number of hydrogen-bond acceptors (Lipinski definition) is 1. The molecule has 97 valence electrons. The van der Waals surface area contributed by atoms with Gasteiger partial charge in [0.15, 0.2) is 8.80 Å². The summed E-state index contributed by atoms with van der Waals surface area (Å²) in [6.07, 6.45) is 0. The van der Waals surface area contributed by atoms with Gasteiger partial charge in [0, 0.05) is 5.69 Å². The van der Waals surface area contributed by atoms with Gasteiger partial charge in [-0.3, -0.25) is 0 Å². The molecular weight excluding hydrogens is 258 g/mol. The van der Waals surface area contributed by atoms with Gasteiger partial charge < -0.3 is 5.73 Å². The molecule has 2 heteroatoms. The van der Waals surface area contributed by atoms with E-state index in [1.165, 1.54) is 15.6 Å². The van der Waals surface area contributed by atoms with Crippen molar-refractivity contribution in [2.75, 3.05) is 5.73 Å². The molecule has 3 aromatic rings. The summed E-state index contributed by atoms with van der Waals surface area (Å²) in [6.45, 7) is 0. The van der Waals surface area contributed by atoms with Gasteiger partial charge in [-0.15, -0.1) is 0 Å². The van der Waals surface area contributed by atoms with Crippen molar-refractivity contribution in [1.82, 2.24) is 0 Å². The van der Waals surface area contributed by atoms with Crippen molar-refractivity contribution in [2.45, 2.75) is 0 Å². The van der Waals surface area contributed by atoms with Gasteiger partial charge in [0.25, 0.3) is 0 Å². The number of benzene rings is 3. The molecule has 20 heavy (non-hydrogen) atoms. The Kier molecular flexibility index (Phi) is 3.66. The molecule has 0 aliphatic carbocycles. The van der Waals surface area contributed by atoms with Gasteiger partial charge in [-0.25, -0.2) is 0 Å². The number of anilines is 1. The molecule has 0 saturated carbocycles. The molecule has 0 saturated heterocycles. The van der Waals surface area contributed by atoms with E-state index in [0.717, 1.165) is 5.69 Å². The maximum absolute atomic E-state index is 5.97. The van der Waals surface area contributed by atoms with Crippen molar-refractivity contribution in [2.24, 2.45) is 0 Å². The minimum atomic E-state index is -0.979. The van der Waals surface area contributed by atoms with E-state index >= 15 is 0 Å². The zero-order chi connectivity index (χ0) is 13.8. The fourth-order valence-electron chi connectivity index (χ4n) is 2.40. The lowest BCUT2D eigenvalue weighted by molar-refractivity contribution is 1.70. The van der Waals surface area contributed by atoms with Crippen LogP contribution in [0.15, 0.2) is 84.9 Å².